The maximum atomic E-state index is 11.9. The molecular weight excluding hydrogens is 316 g/mol. The number of methoxy groups -OCH3 is 1. The van der Waals surface area contributed by atoms with Gasteiger partial charge in [0, 0.05) is 18.1 Å². The lowest BCUT2D eigenvalue weighted by atomic mass is 9.99. The van der Waals surface area contributed by atoms with Crippen molar-refractivity contribution in [2.24, 2.45) is 0 Å². The van der Waals surface area contributed by atoms with Crippen LogP contribution in [-0.4, -0.2) is 35.7 Å². The molecule has 24 heavy (non-hydrogen) atoms. The van der Waals surface area contributed by atoms with Crippen LogP contribution in [0.15, 0.2) is 18.2 Å². The summed E-state index contributed by atoms with van der Waals surface area (Å²) in [6.07, 6.45) is -0.872. The molecule has 0 unspecified atom stereocenters. The van der Waals surface area contributed by atoms with Crippen molar-refractivity contribution in [1.82, 2.24) is 5.32 Å². The Labute approximate surface area is 140 Å². The van der Waals surface area contributed by atoms with E-state index in [-0.39, 0.29) is 12.1 Å². The van der Waals surface area contributed by atoms with E-state index in [1.54, 1.807) is 39.8 Å². The fourth-order valence-electron chi connectivity index (χ4n) is 2.11. The Hall–Kier alpha value is -2.64. The Bertz CT molecular complexity index is 636. The van der Waals surface area contributed by atoms with Crippen molar-refractivity contribution in [1.29, 1.82) is 0 Å². The van der Waals surface area contributed by atoms with Gasteiger partial charge in [-0.05, 0) is 33.3 Å². The van der Waals surface area contributed by atoms with Crippen molar-refractivity contribution in [3.63, 3.8) is 0 Å². The fraction of sp³-hybridized carbons (Fsp3) is 0.500. The Kier molecular flexibility index (Phi) is 6.27. The molecule has 0 saturated heterocycles. The van der Waals surface area contributed by atoms with Gasteiger partial charge in [0.1, 0.15) is 11.6 Å². The topological polar surface area (TPSA) is 108 Å². The summed E-state index contributed by atoms with van der Waals surface area (Å²) < 4.78 is 9.79. The number of nitro benzene ring substituents is 1. The van der Waals surface area contributed by atoms with Crippen LogP contribution in [0.1, 0.15) is 31.9 Å². The SMILES string of the molecule is COC(=O)[C@H](Cc1c(C)cccc1[N+](=O)[O-])NC(=O)OC(C)(C)C. The molecule has 0 aromatic heterocycles. The second-order valence-electron chi connectivity index (χ2n) is 6.26. The number of ether oxygens (including phenoxy) is 2. The van der Waals surface area contributed by atoms with Gasteiger partial charge in [0.2, 0.25) is 0 Å². The number of rotatable bonds is 5. The second-order valence-corrected chi connectivity index (χ2v) is 6.26. The second kappa shape index (κ2) is 7.76. The predicted octanol–water partition coefficient (Wildman–Crippen LogP) is 2.51. The molecule has 0 bridgehead atoms. The van der Waals surface area contributed by atoms with E-state index >= 15 is 0 Å². The number of amides is 1. The van der Waals surface area contributed by atoms with E-state index in [9.17, 15) is 19.7 Å². The zero-order chi connectivity index (χ0) is 18.5. The quantitative estimate of drug-likeness (QED) is 0.502. The van der Waals surface area contributed by atoms with Crippen molar-refractivity contribution < 1.29 is 24.0 Å². The molecule has 1 aromatic rings. The third-order valence-corrected chi connectivity index (χ3v) is 3.17. The molecule has 8 nitrogen and oxygen atoms in total. The summed E-state index contributed by atoms with van der Waals surface area (Å²) >= 11 is 0. The standard InChI is InChI=1S/C16H22N2O6/c1-10-7-6-8-13(18(21)22)11(10)9-12(14(19)23-5)17-15(20)24-16(2,3)4/h6-8,12H,9H2,1-5H3,(H,17,20)/t12-/m0/s1. The molecule has 1 amide bonds. The number of aryl methyl sites for hydroxylation is 1. The van der Waals surface area contributed by atoms with E-state index in [0.29, 0.717) is 11.1 Å². The third-order valence-electron chi connectivity index (χ3n) is 3.17. The number of benzene rings is 1. The van der Waals surface area contributed by atoms with Crippen molar-refractivity contribution in [2.75, 3.05) is 7.11 Å². The highest BCUT2D eigenvalue weighted by molar-refractivity contribution is 5.82. The summed E-state index contributed by atoms with van der Waals surface area (Å²) in [5.41, 5.74) is 0.146. The Morgan fingerprint density at radius 2 is 1.96 bits per heavy atom. The summed E-state index contributed by atoms with van der Waals surface area (Å²) in [7, 11) is 1.18. The van der Waals surface area contributed by atoms with Gasteiger partial charge in [-0.1, -0.05) is 12.1 Å². The monoisotopic (exact) mass is 338 g/mol. The third kappa shape index (κ3) is 5.53. The number of nitro groups is 1. The lowest BCUT2D eigenvalue weighted by Gasteiger charge is -2.23. The van der Waals surface area contributed by atoms with Crippen LogP contribution in [0.4, 0.5) is 10.5 Å². The summed E-state index contributed by atoms with van der Waals surface area (Å²) in [5, 5.41) is 13.6. The molecule has 0 spiro atoms. The first-order valence-electron chi connectivity index (χ1n) is 7.35. The summed E-state index contributed by atoms with van der Waals surface area (Å²) in [6, 6.07) is 3.52. The normalized spacial score (nSPS) is 12.2. The Morgan fingerprint density at radius 1 is 1.33 bits per heavy atom. The number of carbonyl (C=O) groups excluding carboxylic acids is 2. The number of hydrogen-bond acceptors (Lipinski definition) is 6. The van der Waals surface area contributed by atoms with E-state index in [1.807, 2.05) is 0 Å². The average molecular weight is 338 g/mol. The highest BCUT2D eigenvalue weighted by Gasteiger charge is 2.28. The molecule has 1 rings (SSSR count). The van der Waals surface area contributed by atoms with Crippen LogP contribution >= 0.6 is 0 Å². The maximum absolute atomic E-state index is 11.9. The molecule has 0 radical (unpaired) electrons. The summed E-state index contributed by atoms with van der Waals surface area (Å²) in [6.45, 7) is 6.76. The minimum Gasteiger partial charge on any atom is -0.467 e. The predicted molar refractivity (Wildman–Crippen MR) is 86.7 cm³/mol. The van der Waals surface area contributed by atoms with E-state index in [4.69, 9.17) is 4.74 Å². The van der Waals surface area contributed by atoms with Crippen LogP contribution in [-0.2, 0) is 20.7 Å². The van der Waals surface area contributed by atoms with Crippen LogP contribution in [0, 0.1) is 17.0 Å². The Balaban J connectivity index is 3.06. The van der Waals surface area contributed by atoms with Gasteiger partial charge in [0.05, 0.1) is 12.0 Å². The van der Waals surface area contributed by atoms with E-state index in [2.05, 4.69) is 10.1 Å². The largest absolute Gasteiger partial charge is 0.467 e. The van der Waals surface area contributed by atoms with Crippen molar-refractivity contribution in [2.45, 2.75) is 45.8 Å². The molecule has 132 valence electrons. The van der Waals surface area contributed by atoms with Gasteiger partial charge in [0.25, 0.3) is 5.69 Å². The van der Waals surface area contributed by atoms with Gasteiger partial charge in [0.15, 0.2) is 0 Å². The maximum Gasteiger partial charge on any atom is 0.408 e. The van der Waals surface area contributed by atoms with Gasteiger partial charge < -0.3 is 14.8 Å². The number of carbonyl (C=O) groups is 2. The highest BCUT2D eigenvalue weighted by Crippen LogP contribution is 2.23. The average Bonchev–Trinajstić information content (AvgIpc) is 2.45. The molecule has 1 atom stereocenters. The van der Waals surface area contributed by atoms with Crippen LogP contribution in [0.3, 0.4) is 0 Å². The number of hydrogen-bond donors (Lipinski definition) is 1. The molecule has 0 aliphatic heterocycles. The van der Waals surface area contributed by atoms with E-state index in [0.717, 1.165) is 0 Å². The van der Waals surface area contributed by atoms with Gasteiger partial charge in [-0.25, -0.2) is 9.59 Å². The van der Waals surface area contributed by atoms with Gasteiger partial charge in [-0.2, -0.15) is 0 Å². The molecule has 0 aliphatic carbocycles. The van der Waals surface area contributed by atoms with Crippen molar-refractivity contribution in [3.05, 3.63) is 39.4 Å². The van der Waals surface area contributed by atoms with Crippen LogP contribution in [0.2, 0.25) is 0 Å². The van der Waals surface area contributed by atoms with Crippen LogP contribution in [0.25, 0.3) is 0 Å². The molecule has 1 N–H and O–H groups in total. The molecule has 1 aromatic carbocycles. The van der Waals surface area contributed by atoms with Gasteiger partial charge >= 0.3 is 12.1 Å². The lowest BCUT2D eigenvalue weighted by Crippen LogP contribution is -2.45. The van der Waals surface area contributed by atoms with Gasteiger partial charge in [-0.3, -0.25) is 10.1 Å². The van der Waals surface area contributed by atoms with E-state index in [1.165, 1.54) is 13.2 Å². The first kappa shape index (κ1) is 19.4. The number of nitrogens with zero attached hydrogens (tertiary/aromatic N) is 1. The smallest absolute Gasteiger partial charge is 0.408 e. The first-order valence-corrected chi connectivity index (χ1v) is 7.35. The number of alkyl carbamates (subject to hydrolysis) is 1. The number of nitrogens with one attached hydrogen (secondary N) is 1. The van der Waals surface area contributed by atoms with Crippen molar-refractivity contribution in [3.8, 4) is 0 Å². The summed E-state index contributed by atoms with van der Waals surface area (Å²) in [4.78, 5) is 34.5. The first-order chi connectivity index (χ1) is 11.0. The molecular formula is C16H22N2O6. The molecule has 0 heterocycles. The zero-order valence-electron chi connectivity index (χ0n) is 14.4. The molecule has 0 fully saturated rings. The molecule has 0 aliphatic rings. The minimum atomic E-state index is -1.09. The molecule has 8 heteroatoms. The Morgan fingerprint density at radius 3 is 2.46 bits per heavy atom. The lowest BCUT2D eigenvalue weighted by molar-refractivity contribution is -0.385. The minimum absolute atomic E-state index is 0.0745. The number of esters is 1. The van der Waals surface area contributed by atoms with Crippen LogP contribution in [0.5, 0.6) is 0 Å². The van der Waals surface area contributed by atoms with Crippen molar-refractivity contribution >= 4 is 17.7 Å². The fourth-order valence-corrected chi connectivity index (χ4v) is 2.11. The van der Waals surface area contributed by atoms with E-state index < -0.39 is 28.6 Å². The molecule has 0 saturated carbocycles. The van der Waals surface area contributed by atoms with Gasteiger partial charge in [-0.15, -0.1) is 0 Å². The zero-order valence-corrected chi connectivity index (χ0v) is 14.4. The highest BCUT2D eigenvalue weighted by atomic mass is 16.6. The van der Waals surface area contributed by atoms with Crippen LogP contribution < -0.4 is 5.32 Å². The summed E-state index contributed by atoms with van der Waals surface area (Å²) in [5.74, 6) is -0.710.